The number of hydrogen-bond acceptors (Lipinski definition) is 3. The third-order valence-corrected chi connectivity index (χ3v) is 3.44. The van der Waals surface area contributed by atoms with Crippen molar-refractivity contribution in [1.29, 1.82) is 0 Å². The summed E-state index contributed by atoms with van der Waals surface area (Å²) in [4.78, 5) is 0. The molecule has 0 aromatic heterocycles. The Hall–Kier alpha value is -2.94. The fourth-order valence-electron chi connectivity index (χ4n) is 2.46. The number of anilines is 3. The molecule has 3 rings (SSSR count). The Morgan fingerprint density at radius 3 is 1.57 bits per heavy atom. The molecule has 3 aromatic carbocycles. The zero-order valence-electron chi connectivity index (χ0n) is 11.6. The molecule has 0 amide bonds. The third-order valence-electron chi connectivity index (χ3n) is 3.44. The van der Waals surface area contributed by atoms with Gasteiger partial charge in [-0.2, -0.15) is 0 Å². The van der Waals surface area contributed by atoms with E-state index in [2.05, 4.69) is 0 Å². The quantitative estimate of drug-likeness (QED) is 0.623. The number of hydrogen-bond donors (Lipinski definition) is 3. The first-order chi connectivity index (χ1) is 10.1. The van der Waals surface area contributed by atoms with Crippen LogP contribution in [0, 0.1) is 0 Å². The van der Waals surface area contributed by atoms with E-state index in [0.29, 0.717) is 0 Å². The van der Waals surface area contributed by atoms with Crippen LogP contribution in [0.5, 0.6) is 0 Å². The van der Waals surface area contributed by atoms with Gasteiger partial charge in [-0.1, -0.05) is 30.3 Å². The van der Waals surface area contributed by atoms with Crippen molar-refractivity contribution in [1.82, 2.24) is 0 Å². The van der Waals surface area contributed by atoms with E-state index in [1.165, 1.54) is 0 Å². The molecule has 0 aliphatic rings. The highest BCUT2D eigenvalue weighted by Crippen LogP contribution is 2.34. The first kappa shape index (κ1) is 13.1. The Morgan fingerprint density at radius 2 is 1.00 bits per heavy atom. The molecule has 0 spiro atoms. The molecule has 0 aliphatic heterocycles. The summed E-state index contributed by atoms with van der Waals surface area (Å²) in [5.41, 5.74) is 24.2. The Morgan fingerprint density at radius 1 is 0.476 bits per heavy atom. The van der Waals surface area contributed by atoms with Crippen LogP contribution in [-0.4, -0.2) is 0 Å². The van der Waals surface area contributed by atoms with Crippen LogP contribution < -0.4 is 17.2 Å². The minimum atomic E-state index is 0.722. The summed E-state index contributed by atoms with van der Waals surface area (Å²) in [6, 6.07) is 21.5. The number of nitrogen functional groups attached to an aromatic ring is 3. The summed E-state index contributed by atoms with van der Waals surface area (Å²) >= 11 is 0. The van der Waals surface area contributed by atoms with E-state index >= 15 is 0 Å². The van der Waals surface area contributed by atoms with Crippen molar-refractivity contribution in [3.8, 4) is 22.3 Å². The number of benzene rings is 3. The molecule has 6 N–H and O–H groups in total. The molecule has 3 nitrogen and oxygen atoms in total. The van der Waals surface area contributed by atoms with Crippen molar-refractivity contribution in [3.63, 3.8) is 0 Å². The summed E-state index contributed by atoms with van der Waals surface area (Å²) in [6.07, 6.45) is 0. The molecular weight excluding hydrogens is 258 g/mol. The first-order valence-electron chi connectivity index (χ1n) is 6.75. The second-order valence-electron chi connectivity index (χ2n) is 5.06. The average molecular weight is 275 g/mol. The fourth-order valence-corrected chi connectivity index (χ4v) is 2.46. The van der Waals surface area contributed by atoms with Gasteiger partial charge in [0.15, 0.2) is 0 Å². The first-order valence-corrected chi connectivity index (χ1v) is 6.75. The zero-order valence-corrected chi connectivity index (χ0v) is 11.6. The topological polar surface area (TPSA) is 78.1 Å². The lowest BCUT2D eigenvalue weighted by molar-refractivity contribution is 1.57. The molecule has 0 aliphatic carbocycles. The maximum absolute atomic E-state index is 5.95. The molecule has 0 saturated heterocycles. The highest BCUT2D eigenvalue weighted by molar-refractivity contribution is 5.87. The summed E-state index contributed by atoms with van der Waals surface area (Å²) in [5.74, 6) is 0. The lowest BCUT2D eigenvalue weighted by Gasteiger charge is -2.12. The Kier molecular flexibility index (Phi) is 3.24. The Balaban J connectivity index is 2.22. The zero-order chi connectivity index (χ0) is 14.8. The maximum Gasteiger partial charge on any atom is 0.0320 e. The van der Waals surface area contributed by atoms with Crippen molar-refractivity contribution in [3.05, 3.63) is 66.7 Å². The normalized spacial score (nSPS) is 10.5. The molecule has 0 saturated carbocycles. The van der Waals surface area contributed by atoms with Crippen LogP contribution >= 0.6 is 0 Å². The molecule has 3 heteroatoms. The Bertz CT molecular complexity index is 794. The largest absolute Gasteiger partial charge is 0.399 e. The monoisotopic (exact) mass is 275 g/mol. The van der Waals surface area contributed by atoms with Gasteiger partial charge in [-0.3, -0.25) is 0 Å². The van der Waals surface area contributed by atoms with E-state index in [9.17, 15) is 0 Å². The van der Waals surface area contributed by atoms with Gasteiger partial charge in [-0.15, -0.1) is 0 Å². The van der Waals surface area contributed by atoms with Crippen molar-refractivity contribution < 1.29 is 0 Å². The van der Waals surface area contributed by atoms with Crippen molar-refractivity contribution in [2.75, 3.05) is 17.2 Å². The van der Waals surface area contributed by atoms with Crippen LogP contribution in [0.2, 0.25) is 0 Å². The van der Waals surface area contributed by atoms with Crippen LogP contribution in [0.3, 0.4) is 0 Å². The second kappa shape index (κ2) is 5.21. The highest BCUT2D eigenvalue weighted by atomic mass is 14.6. The van der Waals surface area contributed by atoms with Crippen LogP contribution in [-0.2, 0) is 0 Å². The van der Waals surface area contributed by atoms with Crippen LogP contribution in [0.1, 0.15) is 0 Å². The summed E-state index contributed by atoms with van der Waals surface area (Å²) in [5, 5.41) is 0. The summed E-state index contributed by atoms with van der Waals surface area (Å²) < 4.78 is 0. The van der Waals surface area contributed by atoms with Gasteiger partial charge in [0.05, 0.1) is 0 Å². The molecule has 104 valence electrons. The van der Waals surface area contributed by atoms with Gasteiger partial charge in [-0.25, -0.2) is 0 Å². The molecule has 0 atom stereocenters. The van der Waals surface area contributed by atoms with E-state index in [0.717, 1.165) is 39.3 Å². The molecule has 0 unspecified atom stereocenters. The van der Waals surface area contributed by atoms with Crippen LogP contribution in [0.15, 0.2) is 66.7 Å². The van der Waals surface area contributed by atoms with E-state index in [-0.39, 0.29) is 0 Å². The molecular formula is C18H17N3. The van der Waals surface area contributed by atoms with Gasteiger partial charge >= 0.3 is 0 Å². The molecule has 21 heavy (non-hydrogen) atoms. The van der Waals surface area contributed by atoms with Gasteiger partial charge in [-0.05, 0) is 58.7 Å². The smallest absolute Gasteiger partial charge is 0.0320 e. The van der Waals surface area contributed by atoms with Crippen LogP contribution in [0.4, 0.5) is 17.1 Å². The lowest BCUT2D eigenvalue weighted by Crippen LogP contribution is -1.92. The van der Waals surface area contributed by atoms with Gasteiger partial charge in [0.2, 0.25) is 0 Å². The van der Waals surface area contributed by atoms with Crippen molar-refractivity contribution in [2.45, 2.75) is 0 Å². The predicted molar refractivity (Wildman–Crippen MR) is 90.6 cm³/mol. The van der Waals surface area contributed by atoms with E-state index < -0.39 is 0 Å². The van der Waals surface area contributed by atoms with Crippen molar-refractivity contribution in [2.24, 2.45) is 0 Å². The van der Waals surface area contributed by atoms with E-state index in [1.54, 1.807) is 0 Å². The number of rotatable bonds is 2. The van der Waals surface area contributed by atoms with Gasteiger partial charge in [0.25, 0.3) is 0 Å². The second-order valence-corrected chi connectivity index (χ2v) is 5.06. The highest BCUT2D eigenvalue weighted by Gasteiger charge is 2.08. The SMILES string of the molecule is Nc1cccc(-c2ccc(N)cc2-c2cccc(N)c2)c1. The van der Waals surface area contributed by atoms with E-state index in [4.69, 9.17) is 17.2 Å². The predicted octanol–water partition coefficient (Wildman–Crippen LogP) is 3.77. The summed E-state index contributed by atoms with van der Waals surface area (Å²) in [7, 11) is 0. The lowest BCUT2D eigenvalue weighted by atomic mass is 9.93. The van der Waals surface area contributed by atoms with Crippen molar-refractivity contribution >= 4 is 17.1 Å². The van der Waals surface area contributed by atoms with Gasteiger partial charge in [0.1, 0.15) is 0 Å². The molecule has 0 bridgehead atoms. The summed E-state index contributed by atoms with van der Waals surface area (Å²) in [6.45, 7) is 0. The molecule has 3 aromatic rings. The maximum atomic E-state index is 5.95. The number of nitrogens with two attached hydrogens (primary N) is 3. The molecule has 0 heterocycles. The van der Waals surface area contributed by atoms with Gasteiger partial charge in [0, 0.05) is 17.1 Å². The molecule has 0 radical (unpaired) electrons. The standard InChI is InChI=1S/C18H17N3/c19-14-5-1-3-12(9-14)17-8-7-16(21)11-18(17)13-4-2-6-15(20)10-13/h1-11H,19-21H2. The fraction of sp³-hybridized carbons (Fsp3) is 0. The van der Waals surface area contributed by atoms with Crippen LogP contribution in [0.25, 0.3) is 22.3 Å². The average Bonchev–Trinajstić information content (AvgIpc) is 2.47. The van der Waals surface area contributed by atoms with Gasteiger partial charge < -0.3 is 17.2 Å². The molecule has 0 fully saturated rings. The Labute approximate surface area is 124 Å². The van der Waals surface area contributed by atoms with E-state index in [1.807, 2.05) is 66.7 Å². The minimum Gasteiger partial charge on any atom is -0.399 e. The third kappa shape index (κ3) is 2.67. The minimum absolute atomic E-state index is 0.722.